The Kier molecular flexibility index (Phi) is 9.13. The molecule has 3 rings (SSSR count). The lowest BCUT2D eigenvalue weighted by atomic mass is 10.0. The van der Waals surface area contributed by atoms with Crippen LogP contribution in [0.15, 0.2) is 54.6 Å². The summed E-state index contributed by atoms with van der Waals surface area (Å²) in [7, 11) is 0. The van der Waals surface area contributed by atoms with E-state index in [9.17, 15) is 9.59 Å². The van der Waals surface area contributed by atoms with E-state index in [1.54, 1.807) is 0 Å². The van der Waals surface area contributed by atoms with E-state index in [-0.39, 0.29) is 12.3 Å². The van der Waals surface area contributed by atoms with Crippen LogP contribution >= 0.6 is 0 Å². The molecule has 30 heavy (non-hydrogen) atoms. The minimum absolute atomic E-state index is 0.257. The summed E-state index contributed by atoms with van der Waals surface area (Å²) in [6, 6.07) is 15.6. The van der Waals surface area contributed by atoms with Gasteiger partial charge in [0.2, 0.25) is 5.91 Å². The molecule has 2 aromatic carbocycles. The van der Waals surface area contributed by atoms with Gasteiger partial charge in [0.1, 0.15) is 18.1 Å². The normalized spacial score (nSPS) is 16.3. The number of carbonyl (C=O) groups is 2. The number of nitrogens with one attached hydrogen (secondary N) is 1. The quantitative estimate of drug-likeness (QED) is 0.631. The molecule has 0 saturated carbocycles. The molecule has 1 fully saturated rings. The molecule has 1 N–H and O–H groups in total. The smallest absolute Gasteiger partial charge is 0.267 e. The topological polar surface area (TPSA) is 64.6 Å². The Balaban J connectivity index is 0.00000155. The number of hydrogen-bond donors (Lipinski definition) is 1. The fraction of sp³-hybridized carbons (Fsp3) is 0.360. The third-order valence-corrected chi connectivity index (χ3v) is 4.73. The van der Waals surface area contributed by atoms with Gasteiger partial charge in [0.15, 0.2) is 6.10 Å². The summed E-state index contributed by atoms with van der Waals surface area (Å²) in [5.74, 6) is 0.610. The molecule has 1 saturated heterocycles. The number of rotatable bonds is 7. The first-order valence-electron chi connectivity index (χ1n) is 10.6. The van der Waals surface area contributed by atoms with E-state index in [2.05, 4.69) is 18.3 Å². The Morgan fingerprint density at radius 1 is 1.13 bits per heavy atom. The Morgan fingerprint density at radius 3 is 2.50 bits per heavy atom. The van der Waals surface area contributed by atoms with Crippen LogP contribution in [0.2, 0.25) is 0 Å². The second kappa shape index (κ2) is 11.8. The largest absolute Gasteiger partial charge is 0.488 e. The molecule has 2 amide bonds. The maximum Gasteiger partial charge on any atom is 0.267 e. The van der Waals surface area contributed by atoms with Gasteiger partial charge in [-0.05, 0) is 36.6 Å². The van der Waals surface area contributed by atoms with Crippen LogP contribution in [0.3, 0.4) is 0 Å². The lowest BCUT2D eigenvalue weighted by Gasteiger charge is -2.23. The summed E-state index contributed by atoms with van der Waals surface area (Å²) in [5.41, 5.74) is 3.26. The first kappa shape index (κ1) is 23.2. The first-order valence-corrected chi connectivity index (χ1v) is 10.6. The summed E-state index contributed by atoms with van der Waals surface area (Å²) in [6.07, 6.45) is 2.95. The number of allylic oxidation sites excluding steroid dienone is 2. The van der Waals surface area contributed by atoms with Crippen molar-refractivity contribution in [2.75, 3.05) is 0 Å². The lowest BCUT2D eigenvalue weighted by Crippen LogP contribution is -2.46. The van der Waals surface area contributed by atoms with Gasteiger partial charge in [-0.25, -0.2) is 0 Å². The highest BCUT2D eigenvalue weighted by Crippen LogP contribution is 2.33. The molecule has 1 heterocycles. The van der Waals surface area contributed by atoms with Crippen LogP contribution in [0.4, 0.5) is 0 Å². The van der Waals surface area contributed by atoms with Gasteiger partial charge in [-0.3, -0.25) is 14.9 Å². The van der Waals surface area contributed by atoms with E-state index in [1.165, 1.54) is 5.57 Å². The summed E-state index contributed by atoms with van der Waals surface area (Å²) >= 11 is 0. The first-order chi connectivity index (χ1) is 14.6. The Bertz CT molecular complexity index is 874. The molecule has 1 aliphatic rings. The number of benzene rings is 2. The van der Waals surface area contributed by atoms with Crippen molar-refractivity contribution < 1.29 is 19.1 Å². The number of hydrogen-bond acceptors (Lipinski definition) is 4. The predicted molar refractivity (Wildman–Crippen MR) is 119 cm³/mol. The van der Waals surface area contributed by atoms with Gasteiger partial charge in [-0.15, -0.1) is 0 Å². The zero-order chi connectivity index (χ0) is 21.9. The third-order valence-electron chi connectivity index (χ3n) is 4.73. The fourth-order valence-corrected chi connectivity index (χ4v) is 3.20. The van der Waals surface area contributed by atoms with Gasteiger partial charge in [0.25, 0.3) is 5.91 Å². The highest BCUT2D eigenvalue weighted by molar-refractivity contribution is 5.99. The van der Waals surface area contributed by atoms with Crippen molar-refractivity contribution in [1.82, 2.24) is 5.32 Å². The summed E-state index contributed by atoms with van der Waals surface area (Å²) in [4.78, 5) is 23.3. The summed E-state index contributed by atoms with van der Waals surface area (Å²) in [5, 5.41) is 2.32. The van der Waals surface area contributed by atoms with Gasteiger partial charge >= 0.3 is 0 Å². The Labute approximate surface area is 179 Å². The van der Waals surface area contributed by atoms with Crippen LogP contribution in [0.1, 0.15) is 58.1 Å². The van der Waals surface area contributed by atoms with Crippen molar-refractivity contribution in [2.24, 2.45) is 0 Å². The van der Waals surface area contributed by atoms with E-state index in [1.807, 2.05) is 69.3 Å². The molecule has 2 aromatic rings. The molecule has 160 valence electrons. The molecule has 0 spiro atoms. The zero-order valence-corrected chi connectivity index (χ0v) is 18.2. The highest BCUT2D eigenvalue weighted by atomic mass is 16.5. The maximum atomic E-state index is 12.0. The van der Waals surface area contributed by atoms with Crippen molar-refractivity contribution in [3.63, 3.8) is 0 Å². The number of carbonyl (C=O) groups excluding carboxylic acids is 2. The van der Waals surface area contributed by atoms with E-state index >= 15 is 0 Å². The zero-order valence-electron chi connectivity index (χ0n) is 18.2. The second-order valence-corrected chi connectivity index (χ2v) is 6.66. The number of piperidine rings is 1. The van der Waals surface area contributed by atoms with Crippen LogP contribution in [0.25, 0.3) is 5.57 Å². The SMILES string of the molecule is C/C=C(\CC)c1ccc(OC2CCC(=O)NC2=O)cc1OCc1ccccc1.CC. The maximum absolute atomic E-state index is 12.0. The van der Waals surface area contributed by atoms with Crippen molar-refractivity contribution in [2.45, 2.75) is 59.7 Å². The van der Waals surface area contributed by atoms with Crippen LogP contribution in [0.5, 0.6) is 11.5 Å². The van der Waals surface area contributed by atoms with E-state index < -0.39 is 12.0 Å². The standard InChI is InChI=1S/C23H25NO4.C2H6/c1-3-17(4-2)19-11-10-18(28-20-12-13-22(25)24-23(20)26)14-21(19)27-15-16-8-6-5-7-9-16;1-2/h3,5-11,14,20H,4,12-13,15H2,1-2H3,(H,24,25,26);1-2H3/b17-3+;. The molecule has 1 atom stereocenters. The lowest BCUT2D eigenvalue weighted by molar-refractivity contribution is -0.138. The fourth-order valence-electron chi connectivity index (χ4n) is 3.20. The molecule has 1 unspecified atom stereocenters. The van der Waals surface area contributed by atoms with Crippen LogP contribution in [-0.2, 0) is 16.2 Å². The molecule has 0 aliphatic carbocycles. The van der Waals surface area contributed by atoms with Gasteiger partial charge < -0.3 is 9.47 Å². The van der Waals surface area contributed by atoms with Gasteiger partial charge in [-0.2, -0.15) is 0 Å². The minimum atomic E-state index is -0.669. The molecular weight excluding hydrogens is 378 g/mol. The van der Waals surface area contributed by atoms with Crippen LogP contribution < -0.4 is 14.8 Å². The molecule has 0 radical (unpaired) electrons. The number of amides is 2. The molecule has 0 bridgehead atoms. The monoisotopic (exact) mass is 409 g/mol. The van der Waals surface area contributed by atoms with Crippen LogP contribution in [-0.4, -0.2) is 17.9 Å². The third kappa shape index (κ3) is 6.21. The molecule has 5 nitrogen and oxygen atoms in total. The molecule has 0 aromatic heterocycles. The second-order valence-electron chi connectivity index (χ2n) is 6.66. The van der Waals surface area contributed by atoms with Gasteiger partial charge in [-0.1, -0.05) is 57.2 Å². The molecule has 1 aliphatic heterocycles. The number of ether oxygens (including phenoxy) is 2. The van der Waals surface area contributed by atoms with E-state index in [4.69, 9.17) is 9.47 Å². The number of imide groups is 1. The highest BCUT2D eigenvalue weighted by Gasteiger charge is 2.28. The van der Waals surface area contributed by atoms with Gasteiger partial charge in [0, 0.05) is 24.5 Å². The summed E-state index contributed by atoms with van der Waals surface area (Å²) in [6.45, 7) is 8.55. The van der Waals surface area contributed by atoms with Crippen molar-refractivity contribution >= 4 is 17.4 Å². The van der Waals surface area contributed by atoms with E-state index in [0.29, 0.717) is 24.5 Å². The average Bonchev–Trinajstić information content (AvgIpc) is 2.78. The van der Waals surface area contributed by atoms with E-state index in [0.717, 1.165) is 17.5 Å². The molecule has 5 heteroatoms. The van der Waals surface area contributed by atoms with Crippen LogP contribution in [0, 0.1) is 0 Å². The van der Waals surface area contributed by atoms with Crippen molar-refractivity contribution in [3.8, 4) is 11.5 Å². The van der Waals surface area contributed by atoms with Gasteiger partial charge in [0.05, 0.1) is 0 Å². The van der Waals surface area contributed by atoms with Crippen molar-refractivity contribution in [1.29, 1.82) is 0 Å². The summed E-state index contributed by atoms with van der Waals surface area (Å²) < 4.78 is 12.0. The minimum Gasteiger partial charge on any atom is -0.488 e. The van der Waals surface area contributed by atoms with Crippen molar-refractivity contribution in [3.05, 3.63) is 65.7 Å². The average molecular weight is 410 g/mol. The predicted octanol–water partition coefficient (Wildman–Crippen LogP) is 5.29. The Morgan fingerprint density at radius 2 is 1.87 bits per heavy atom. The Hall–Kier alpha value is -3.08. The molecular formula is C25H31NO4.